The van der Waals surface area contributed by atoms with Gasteiger partial charge in [-0.1, -0.05) is 12.1 Å². The van der Waals surface area contributed by atoms with Crippen molar-refractivity contribution in [1.29, 1.82) is 0 Å². The van der Waals surface area contributed by atoms with Crippen molar-refractivity contribution in [3.05, 3.63) is 29.3 Å². The van der Waals surface area contributed by atoms with Gasteiger partial charge in [-0.25, -0.2) is 0 Å². The number of carbonyl (C=O) groups excluding carboxylic acids is 1. The van der Waals surface area contributed by atoms with E-state index in [0.717, 1.165) is 10.6 Å². The number of hydrogen-bond acceptors (Lipinski definition) is 3. The number of nitrogens with zero attached hydrogens (tertiary/aromatic N) is 1. The number of hydrogen-bond donors (Lipinski definition) is 2. The van der Waals surface area contributed by atoms with Gasteiger partial charge in [-0.2, -0.15) is 0 Å². The lowest BCUT2D eigenvalue weighted by molar-refractivity contribution is 0.0999. The Morgan fingerprint density at radius 1 is 1.54 bits per heavy atom. The van der Waals surface area contributed by atoms with Gasteiger partial charge in [0.2, 0.25) is 0 Å². The molecule has 0 aromatic heterocycles. The molecule has 0 heterocycles. The number of hydroxylamine groups is 1. The van der Waals surface area contributed by atoms with Crippen molar-refractivity contribution in [3.8, 4) is 0 Å². The zero-order valence-electron chi connectivity index (χ0n) is 7.61. The molecule has 0 saturated carbocycles. The lowest BCUT2D eigenvalue weighted by Crippen LogP contribution is -2.20. The van der Waals surface area contributed by atoms with Gasteiger partial charge < -0.3 is 5.73 Å². The Labute approximate surface area is 76.5 Å². The maximum absolute atomic E-state index is 11.0. The summed E-state index contributed by atoms with van der Waals surface area (Å²) in [6.07, 6.45) is 0. The second-order valence-electron chi connectivity index (χ2n) is 2.86. The van der Waals surface area contributed by atoms with Crippen LogP contribution in [0, 0.1) is 6.92 Å². The average Bonchev–Trinajstić information content (AvgIpc) is 2.02. The fraction of sp³-hybridized carbons (Fsp3) is 0.222. The van der Waals surface area contributed by atoms with E-state index in [9.17, 15) is 10.0 Å². The van der Waals surface area contributed by atoms with Crippen LogP contribution in [0.3, 0.4) is 0 Å². The van der Waals surface area contributed by atoms with Crippen LogP contribution in [0.4, 0.5) is 5.69 Å². The number of nitrogens with two attached hydrogens (primary N) is 1. The lowest BCUT2D eigenvalue weighted by atomic mass is 10.1. The van der Waals surface area contributed by atoms with Crippen LogP contribution < -0.4 is 10.8 Å². The van der Waals surface area contributed by atoms with Gasteiger partial charge in [-0.05, 0) is 18.6 Å². The van der Waals surface area contributed by atoms with Crippen molar-refractivity contribution in [2.45, 2.75) is 6.92 Å². The molecule has 4 heteroatoms. The van der Waals surface area contributed by atoms with E-state index in [-0.39, 0.29) is 0 Å². The van der Waals surface area contributed by atoms with Crippen molar-refractivity contribution in [2.24, 2.45) is 5.73 Å². The molecule has 0 bridgehead atoms. The van der Waals surface area contributed by atoms with Crippen molar-refractivity contribution in [3.63, 3.8) is 0 Å². The quantitative estimate of drug-likeness (QED) is 0.665. The number of anilines is 1. The third kappa shape index (κ3) is 1.78. The molecule has 1 aromatic rings. The van der Waals surface area contributed by atoms with Crippen LogP contribution >= 0.6 is 0 Å². The Hall–Kier alpha value is -1.55. The van der Waals surface area contributed by atoms with Crippen molar-refractivity contribution >= 4 is 11.6 Å². The molecule has 3 N–H and O–H groups in total. The molecular formula is C9H12N2O2. The maximum atomic E-state index is 11.0. The second-order valence-corrected chi connectivity index (χ2v) is 2.86. The maximum Gasteiger partial charge on any atom is 0.250 e. The van der Waals surface area contributed by atoms with Gasteiger partial charge in [0.15, 0.2) is 0 Å². The second kappa shape index (κ2) is 3.45. The minimum atomic E-state index is -0.542. The van der Waals surface area contributed by atoms with E-state index in [1.807, 2.05) is 0 Å². The molecule has 70 valence electrons. The summed E-state index contributed by atoms with van der Waals surface area (Å²) in [5, 5.41) is 10.2. The zero-order chi connectivity index (χ0) is 10.0. The summed E-state index contributed by atoms with van der Waals surface area (Å²) in [6.45, 7) is 1.80. The SMILES string of the molecule is Cc1cccc(C(N)=O)c1N(C)O. The molecule has 0 unspecified atom stereocenters. The highest BCUT2D eigenvalue weighted by Gasteiger charge is 2.12. The Morgan fingerprint density at radius 2 is 2.15 bits per heavy atom. The van der Waals surface area contributed by atoms with Gasteiger partial charge >= 0.3 is 0 Å². The molecule has 0 saturated heterocycles. The highest BCUT2D eigenvalue weighted by atomic mass is 16.5. The van der Waals surface area contributed by atoms with Gasteiger partial charge in [0.25, 0.3) is 5.91 Å². The van der Waals surface area contributed by atoms with Crippen LogP contribution in [0.1, 0.15) is 15.9 Å². The molecule has 0 spiro atoms. The molecule has 1 rings (SSSR count). The van der Waals surface area contributed by atoms with E-state index in [1.54, 1.807) is 25.1 Å². The van der Waals surface area contributed by atoms with E-state index in [4.69, 9.17) is 5.73 Å². The monoisotopic (exact) mass is 180 g/mol. The normalized spacial score (nSPS) is 9.77. The molecule has 4 nitrogen and oxygen atoms in total. The predicted octanol–water partition coefficient (Wildman–Crippen LogP) is 0.919. The number of benzene rings is 1. The number of carbonyl (C=O) groups is 1. The van der Waals surface area contributed by atoms with Gasteiger partial charge in [-0.15, -0.1) is 0 Å². The molecule has 13 heavy (non-hydrogen) atoms. The van der Waals surface area contributed by atoms with E-state index in [1.165, 1.54) is 7.05 Å². The van der Waals surface area contributed by atoms with Crippen molar-refractivity contribution in [1.82, 2.24) is 0 Å². The summed E-state index contributed by atoms with van der Waals surface area (Å²) in [7, 11) is 1.45. The van der Waals surface area contributed by atoms with Gasteiger partial charge in [-0.3, -0.25) is 15.1 Å². The first-order valence-corrected chi connectivity index (χ1v) is 3.86. The highest BCUT2D eigenvalue weighted by Crippen LogP contribution is 2.22. The average molecular weight is 180 g/mol. The molecule has 0 aliphatic heterocycles. The molecule has 1 amide bonds. The summed E-state index contributed by atoms with van der Waals surface area (Å²) in [5.74, 6) is -0.542. The Kier molecular flexibility index (Phi) is 2.53. The highest BCUT2D eigenvalue weighted by molar-refractivity contribution is 5.99. The predicted molar refractivity (Wildman–Crippen MR) is 49.9 cm³/mol. The Morgan fingerprint density at radius 3 is 2.54 bits per heavy atom. The van der Waals surface area contributed by atoms with Crippen LogP contribution in [-0.2, 0) is 0 Å². The molecule has 0 fully saturated rings. The van der Waals surface area contributed by atoms with Crippen molar-refractivity contribution in [2.75, 3.05) is 12.1 Å². The van der Waals surface area contributed by atoms with E-state index in [0.29, 0.717) is 11.3 Å². The third-order valence-corrected chi connectivity index (χ3v) is 1.83. The first-order chi connectivity index (χ1) is 6.04. The smallest absolute Gasteiger partial charge is 0.250 e. The largest absolute Gasteiger partial charge is 0.366 e. The number of primary amides is 1. The van der Waals surface area contributed by atoms with Crippen LogP contribution in [0.25, 0.3) is 0 Å². The Balaban J connectivity index is 3.34. The first-order valence-electron chi connectivity index (χ1n) is 3.86. The minimum absolute atomic E-state index is 0.324. The van der Waals surface area contributed by atoms with Crippen LogP contribution in [0.15, 0.2) is 18.2 Å². The van der Waals surface area contributed by atoms with Crippen molar-refractivity contribution < 1.29 is 10.0 Å². The van der Waals surface area contributed by atoms with E-state index < -0.39 is 5.91 Å². The molecule has 0 aliphatic rings. The molecule has 0 atom stereocenters. The summed E-state index contributed by atoms with van der Waals surface area (Å²) in [6, 6.07) is 5.11. The summed E-state index contributed by atoms with van der Waals surface area (Å²) < 4.78 is 0. The summed E-state index contributed by atoms with van der Waals surface area (Å²) in [5.41, 5.74) is 6.73. The van der Waals surface area contributed by atoms with E-state index in [2.05, 4.69) is 0 Å². The molecule has 0 radical (unpaired) electrons. The zero-order valence-corrected chi connectivity index (χ0v) is 7.61. The number of para-hydroxylation sites is 1. The molecular weight excluding hydrogens is 168 g/mol. The van der Waals surface area contributed by atoms with Crippen LogP contribution in [-0.4, -0.2) is 18.2 Å². The molecule has 0 aliphatic carbocycles. The number of rotatable bonds is 2. The number of aryl methyl sites for hydroxylation is 1. The molecule has 1 aromatic carbocycles. The van der Waals surface area contributed by atoms with Gasteiger partial charge in [0.1, 0.15) is 0 Å². The third-order valence-electron chi connectivity index (χ3n) is 1.83. The first kappa shape index (κ1) is 9.54. The van der Waals surface area contributed by atoms with Gasteiger partial charge in [0.05, 0.1) is 11.3 Å². The topological polar surface area (TPSA) is 66.6 Å². The fourth-order valence-electron chi connectivity index (χ4n) is 1.29. The standard InChI is InChI=1S/C9H12N2O2/c1-6-4-3-5-7(9(10)12)8(6)11(2)13/h3-5,13H,1-2H3,(H2,10,12). The lowest BCUT2D eigenvalue weighted by Gasteiger charge is -2.16. The van der Waals surface area contributed by atoms with Gasteiger partial charge in [0, 0.05) is 7.05 Å². The Bertz CT molecular complexity index is 334. The van der Waals surface area contributed by atoms with Crippen LogP contribution in [0.2, 0.25) is 0 Å². The van der Waals surface area contributed by atoms with E-state index >= 15 is 0 Å². The summed E-state index contributed by atoms with van der Waals surface area (Å²) >= 11 is 0. The number of amides is 1. The fourth-order valence-corrected chi connectivity index (χ4v) is 1.29. The summed E-state index contributed by atoms with van der Waals surface area (Å²) in [4.78, 5) is 11.0. The van der Waals surface area contributed by atoms with Crippen LogP contribution in [0.5, 0.6) is 0 Å². The minimum Gasteiger partial charge on any atom is -0.366 e.